The van der Waals surface area contributed by atoms with Crippen molar-refractivity contribution in [3.8, 4) is 0 Å². The summed E-state index contributed by atoms with van der Waals surface area (Å²) in [5.74, 6) is 0. The molecule has 1 aromatic carbocycles. The number of nitrogens with one attached hydrogen (secondary N) is 1. The van der Waals surface area contributed by atoms with Crippen LogP contribution in [0.25, 0.3) is 0 Å². The highest BCUT2D eigenvalue weighted by atomic mass is 15.1. The Kier molecular flexibility index (Phi) is 6.68. The van der Waals surface area contributed by atoms with Gasteiger partial charge in [-0.3, -0.25) is 0 Å². The predicted octanol–water partition coefficient (Wildman–Crippen LogP) is 2.71. The lowest BCUT2D eigenvalue weighted by Crippen LogP contribution is -2.31. The summed E-state index contributed by atoms with van der Waals surface area (Å²) in [5, 5.41) is 3.79. The van der Waals surface area contributed by atoms with Crippen LogP contribution < -0.4 is 5.32 Å². The van der Waals surface area contributed by atoms with Crippen molar-refractivity contribution in [3.05, 3.63) is 35.4 Å². The third-order valence-electron chi connectivity index (χ3n) is 4.45. The van der Waals surface area contributed by atoms with E-state index >= 15 is 0 Å². The normalized spacial score (nSPS) is 20.7. The standard InChI is InChI=1S/C18H31N3/c1-4-21-12-7-10-18(11-13-21)19-14-16-8-5-6-9-17(16)15-20(2)3/h5-6,8-9,18-19H,4,7,10-15H2,1-3H3. The van der Waals surface area contributed by atoms with Gasteiger partial charge in [-0.2, -0.15) is 0 Å². The smallest absolute Gasteiger partial charge is 0.0230 e. The molecule has 0 spiro atoms. The summed E-state index contributed by atoms with van der Waals surface area (Å²) in [4.78, 5) is 4.81. The van der Waals surface area contributed by atoms with Crippen molar-refractivity contribution in [2.24, 2.45) is 0 Å². The Bertz CT molecular complexity index is 417. The molecule has 118 valence electrons. The molecule has 0 amide bonds. The van der Waals surface area contributed by atoms with Crippen molar-refractivity contribution in [1.29, 1.82) is 0 Å². The molecular formula is C18H31N3. The van der Waals surface area contributed by atoms with Gasteiger partial charge in [0, 0.05) is 19.1 Å². The first-order chi connectivity index (χ1) is 10.2. The molecule has 0 radical (unpaired) electrons. The molecule has 0 aromatic heterocycles. The van der Waals surface area contributed by atoms with Gasteiger partial charge in [-0.1, -0.05) is 31.2 Å². The molecule has 1 aromatic rings. The van der Waals surface area contributed by atoms with Crippen LogP contribution in [0.1, 0.15) is 37.3 Å². The number of likely N-dealkylation sites (tertiary alicyclic amines) is 1. The monoisotopic (exact) mass is 289 g/mol. The number of hydrogen-bond acceptors (Lipinski definition) is 3. The molecule has 1 saturated heterocycles. The Balaban J connectivity index is 1.88. The Hall–Kier alpha value is -0.900. The molecule has 1 fully saturated rings. The van der Waals surface area contributed by atoms with Crippen molar-refractivity contribution in [3.63, 3.8) is 0 Å². The molecule has 0 saturated carbocycles. The summed E-state index contributed by atoms with van der Waals surface area (Å²) < 4.78 is 0. The Labute approximate surface area is 130 Å². The quantitative estimate of drug-likeness (QED) is 0.869. The summed E-state index contributed by atoms with van der Waals surface area (Å²) in [5.41, 5.74) is 2.89. The van der Waals surface area contributed by atoms with Crippen LogP contribution in [0.15, 0.2) is 24.3 Å². The molecule has 1 heterocycles. The van der Waals surface area contributed by atoms with Gasteiger partial charge in [0.05, 0.1) is 0 Å². The van der Waals surface area contributed by atoms with Gasteiger partial charge in [-0.25, -0.2) is 0 Å². The zero-order valence-electron chi connectivity index (χ0n) is 13.9. The van der Waals surface area contributed by atoms with Crippen molar-refractivity contribution in [2.45, 2.75) is 45.3 Å². The third-order valence-corrected chi connectivity index (χ3v) is 4.45. The molecule has 21 heavy (non-hydrogen) atoms. The van der Waals surface area contributed by atoms with E-state index in [9.17, 15) is 0 Å². The van der Waals surface area contributed by atoms with E-state index in [1.807, 2.05) is 0 Å². The van der Waals surface area contributed by atoms with Crippen LogP contribution in [0.3, 0.4) is 0 Å². The van der Waals surface area contributed by atoms with E-state index in [1.54, 1.807) is 0 Å². The number of rotatable bonds is 6. The Morgan fingerprint density at radius 1 is 1.14 bits per heavy atom. The molecule has 0 bridgehead atoms. The minimum atomic E-state index is 0.675. The molecule has 1 N–H and O–H groups in total. The van der Waals surface area contributed by atoms with E-state index < -0.39 is 0 Å². The SMILES string of the molecule is CCN1CCCC(NCc2ccccc2CN(C)C)CC1. The Morgan fingerprint density at radius 3 is 2.62 bits per heavy atom. The van der Waals surface area contributed by atoms with Gasteiger partial charge in [0.25, 0.3) is 0 Å². The first-order valence-corrected chi connectivity index (χ1v) is 8.36. The van der Waals surface area contributed by atoms with Gasteiger partial charge < -0.3 is 15.1 Å². The van der Waals surface area contributed by atoms with Gasteiger partial charge in [0.2, 0.25) is 0 Å². The average molecular weight is 289 g/mol. The van der Waals surface area contributed by atoms with Crippen LogP contribution in [0.2, 0.25) is 0 Å². The second kappa shape index (κ2) is 8.52. The fourth-order valence-electron chi connectivity index (χ4n) is 3.16. The predicted molar refractivity (Wildman–Crippen MR) is 90.4 cm³/mol. The molecule has 0 aliphatic carbocycles. The maximum atomic E-state index is 3.79. The lowest BCUT2D eigenvalue weighted by atomic mass is 10.1. The highest BCUT2D eigenvalue weighted by Crippen LogP contribution is 2.14. The molecule has 2 rings (SSSR count). The minimum Gasteiger partial charge on any atom is -0.310 e. The summed E-state index contributed by atoms with van der Waals surface area (Å²) in [6, 6.07) is 9.49. The zero-order valence-corrected chi connectivity index (χ0v) is 13.9. The molecule has 3 heteroatoms. The second-order valence-corrected chi connectivity index (χ2v) is 6.45. The van der Waals surface area contributed by atoms with E-state index in [4.69, 9.17) is 0 Å². The lowest BCUT2D eigenvalue weighted by molar-refractivity contribution is 0.297. The van der Waals surface area contributed by atoms with E-state index in [-0.39, 0.29) is 0 Å². The maximum Gasteiger partial charge on any atom is 0.0230 e. The average Bonchev–Trinajstić information content (AvgIpc) is 2.71. The van der Waals surface area contributed by atoms with E-state index in [0.29, 0.717) is 6.04 Å². The minimum absolute atomic E-state index is 0.675. The zero-order chi connectivity index (χ0) is 15.1. The highest BCUT2D eigenvalue weighted by Gasteiger charge is 2.15. The number of benzene rings is 1. The van der Waals surface area contributed by atoms with Crippen LogP contribution in [-0.4, -0.2) is 49.6 Å². The van der Waals surface area contributed by atoms with Gasteiger partial charge in [0.15, 0.2) is 0 Å². The van der Waals surface area contributed by atoms with Crippen molar-refractivity contribution < 1.29 is 0 Å². The van der Waals surface area contributed by atoms with Crippen molar-refractivity contribution in [1.82, 2.24) is 15.1 Å². The van der Waals surface area contributed by atoms with Crippen LogP contribution in [0.4, 0.5) is 0 Å². The molecular weight excluding hydrogens is 258 g/mol. The second-order valence-electron chi connectivity index (χ2n) is 6.45. The topological polar surface area (TPSA) is 18.5 Å². The van der Waals surface area contributed by atoms with E-state index in [0.717, 1.165) is 13.1 Å². The largest absolute Gasteiger partial charge is 0.310 e. The van der Waals surface area contributed by atoms with Gasteiger partial charge in [0.1, 0.15) is 0 Å². The van der Waals surface area contributed by atoms with Crippen LogP contribution in [0.5, 0.6) is 0 Å². The summed E-state index contributed by atoms with van der Waals surface area (Å²) in [6.07, 6.45) is 3.92. The van der Waals surface area contributed by atoms with Crippen LogP contribution >= 0.6 is 0 Å². The number of nitrogens with zero attached hydrogens (tertiary/aromatic N) is 2. The first kappa shape index (κ1) is 16.5. The van der Waals surface area contributed by atoms with Crippen molar-refractivity contribution >= 4 is 0 Å². The highest BCUT2D eigenvalue weighted by molar-refractivity contribution is 5.27. The molecule has 1 atom stereocenters. The van der Waals surface area contributed by atoms with Gasteiger partial charge in [-0.15, -0.1) is 0 Å². The summed E-state index contributed by atoms with van der Waals surface area (Å²) in [6.45, 7) is 8.00. The first-order valence-electron chi connectivity index (χ1n) is 8.36. The van der Waals surface area contributed by atoms with Gasteiger partial charge in [-0.05, 0) is 64.1 Å². The van der Waals surface area contributed by atoms with Crippen LogP contribution in [-0.2, 0) is 13.1 Å². The maximum absolute atomic E-state index is 3.79. The third kappa shape index (κ3) is 5.42. The van der Waals surface area contributed by atoms with Crippen molar-refractivity contribution in [2.75, 3.05) is 33.7 Å². The summed E-state index contributed by atoms with van der Waals surface area (Å²) in [7, 11) is 4.27. The fourth-order valence-corrected chi connectivity index (χ4v) is 3.16. The molecule has 1 unspecified atom stereocenters. The lowest BCUT2D eigenvalue weighted by Gasteiger charge is -2.20. The summed E-state index contributed by atoms with van der Waals surface area (Å²) >= 11 is 0. The van der Waals surface area contributed by atoms with Crippen LogP contribution in [0, 0.1) is 0 Å². The molecule has 1 aliphatic heterocycles. The molecule has 3 nitrogen and oxygen atoms in total. The van der Waals surface area contributed by atoms with E-state index in [2.05, 4.69) is 60.4 Å². The molecule has 1 aliphatic rings. The van der Waals surface area contributed by atoms with Gasteiger partial charge >= 0.3 is 0 Å². The fraction of sp³-hybridized carbons (Fsp3) is 0.667. The number of hydrogen-bond donors (Lipinski definition) is 1. The Morgan fingerprint density at radius 2 is 1.90 bits per heavy atom. The van der Waals surface area contributed by atoms with E-state index in [1.165, 1.54) is 50.0 Å².